The molecule has 7 nitrogen and oxygen atoms in total. The van der Waals surface area contributed by atoms with Crippen molar-refractivity contribution in [3.8, 4) is 0 Å². The lowest BCUT2D eigenvalue weighted by molar-refractivity contribution is -0.142. The highest BCUT2D eigenvalue weighted by molar-refractivity contribution is 6.30. The molecule has 3 saturated carbocycles. The Hall–Kier alpha value is -2.74. The van der Waals surface area contributed by atoms with Gasteiger partial charge in [0.1, 0.15) is 0 Å². The van der Waals surface area contributed by atoms with Crippen LogP contribution in [0.4, 0.5) is 0 Å². The summed E-state index contributed by atoms with van der Waals surface area (Å²) in [6, 6.07) is 8.06. The summed E-state index contributed by atoms with van der Waals surface area (Å²) in [6.45, 7) is 18.3. The van der Waals surface area contributed by atoms with Crippen molar-refractivity contribution >= 4 is 29.3 Å². The zero-order chi connectivity index (χ0) is 41.0. The number of carboxylic acids is 1. The van der Waals surface area contributed by atoms with E-state index >= 15 is 0 Å². The number of likely N-dealkylation sites (N-methyl/N-ethyl adjacent to an activating group) is 1. The van der Waals surface area contributed by atoms with E-state index in [4.69, 9.17) is 11.6 Å². The molecule has 1 aromatic carbocycles. The molecule has 0 saturated heterocycles. The quantitative estimate of drug-likeness (QED) is 0.219. The molecule has 10 atom stereocenters. The molecular weight excluding hydrogens is 730 g/mol. The highest BCUT2D eigenvalue weighted by atomic mass is 35.5. The molecule has 8 heteroatoms. The van der Waals surface area contributed by atoms with E-state index in [0.29, 0.717) is 54.9 Å². The van der Waals surface area contributed by atoms with Crippen molar-refractivity contribution in [2.24, 2.45) is 70.0 Å². The fraction of sp³-hybridized carbons (Fsp3) is 0.694. The second kappa shape index (κ2) is 16.7. The van der Waals surface area contributed by atoms with E-state index in [1.807, 2.05) is 12.1 Å². The minimum absolute atomic E-state index is 0.0223. The van der Waals surface area contributed by atoms with Crippen molar-refractivity contribution in [3.05, 3.63) is 69.3 Å². The van der Waals surface area contributed by atoms with Gasteiger partial charge in [0.05, 0.1) is 5.92 Å². The topological polar surface area (TPSA) is 90.0 Å². The van der Waals surface area contributed by atoms with Crippen LogP contribution in [0.25, 0.3) is 0 Å². The van der Waals surface area contributed by atoms with Gasteiger partial charge in [-0.2, -0.15) is 0 Å². The van der Waals surface area contributed by atoms with E-state index in [-0.39, 0.29) is 46.2 Å². The number of carbonyl (C=O) groups excluding carboxylic acids is 2. The smallest absolute Gasteiger partial charge is 0.306 e. The predicted molar refractivity (Wildman–Crippen MR) is 229 cm³/mol. The first kappa shape index (κ1) is 42.4. The zero-order valence-corrected chi connectivity index (χ0v) is 36.8. The van der Waals surface area contributed by atoms with E-state index in [9.17, 15) is 19.5 Å². The van der Waals surface area contributed by atoms with Crippen LogP contribution in [-0.4, -0.2) is 72.8 Å². The SMILES string of the molecule is CC(C)C1=C2C(CC1=O)[C@@H](C(=O)NCCN(CCN(C)C)Cc1ccc(Cl)cc1)C[C@@H]1[C@@H]2CCC2C3C(CC[C@]21C)C(C)(C)C(C1=CC[C@H](C(=O)O)CC1)=C[C@H]3C. The van der Waals surface area contributed by atoms with Crippen LogP contribution in [-0.2, 0) is 20.9 Å². The van der Waals surface area contributed by atoms with Crippen molar-refractivity contribution < 1.29 is 19.5 Å². The maximum atomic E-state index is 14.6. The Kier molecular flexibility index (Phi) is 12.4. The van der Waals surface area contributed by atoms with Gasteiger partial charge < -0.3 is 15.3 Å². The molecule has 1 aromatic rings. The number of rotatable bonds is 12. The number of Topliss-reactive ketones (excluding diaryl/α,β-unsaturated/α-hetero) is 1. The summed E-state index contributed by atoms with van der Waals surface area (Å²) in [5.74, 6) is 2.41. The number of halogens is 1. The number of aliphatic carboxylic acids is 1. The van der Waals surface area contributed by atoms with Crippen molar-refractivity contribution in [2.75, 3.05) is 40.3 Å². The summed E-state index contributed by atoms with van der Waals surface area (Å²) < 4.78 is 0. The Morgan fingerprint density at radius 1 is 0.965 bits per heavy atom. The maximum absolute atomic E-state index is 14.6. The molecule has 0 heterocycles. The molecular formula is C49H70ClN3O4. The van der Waals surface area contributed by atoms with Crippen LogP contribution in [0.15, 0.2) is 58.7 Å². The first-order chi connectivity index (χ1) is 27.0. The second-order valence-corrected chi connectivity index (χ2v) is 20.9. The van der Waals surface area contributed by atoms with Crippen molar-refractivity contribution in [3.63, 3.8) is 0 Å². The third-order valence-corrected chi connectivity index (χ3v) is 16.5. The third kappa shape index (κ3) is 8.12. The Labute approximate surface area is 348 Å². The molecule has 0 aromatic heterocycles. The van der Waals surface area contributed by atoms with Crippen molar-refractivity contribution in [1.82, 2.24) is 15.1 Å². The molecule has 0 spiro atoms. The molecule has 57 heavy (non-hydrogen) atoms. The van der Waals surface area contributed by atoms with Crippen LogP contribution in [0, 0.1) is 70.0 Å². The number of allylic oxidation sites excluding steroid dienone is 6. The standard InChI is InChI=1S/C49H70ClN3O4/c1-29(2)43-42(54)27-36-37(46(55)51-21-22-53(24-23-52(7)8)28-31-9-15-34(50)16-10-31)26-41-35(45(36)43)17-18-39-44-30(3)25-40(32-11-13-33(14-12-32)47(56)57)48(4,5)38(44)19-20-49(39,41)6/h9-11,15-16,25,29-30,33,35-39,41,44H,12-14,17-24,26-28H2,1-8H3,(H,51,55)(H,56,57)/t30-,33+,35+,36?,37+,38?,39?,41-,44?,49-/m1/s1. The summed E-state index contributed by atoms with van der Waals surface area (Å²) in [7, 11) is 4.19. The molecule has 0 bridgehead atoms. The molecule has 1 amide bonds. The Morgan fingerprint density at radius 2 is 1.70 bits per heavy atom. The number of fused-ring (bicyclic) bond motifs is 7. The van der Waals surface area contributed by atoms with Crippen LogP contribution in [0.3, 0.4) is 0 Å². The van der Waals surface area contributed by atoms with E-state index in [1.165, 1.54) is 35.1 Å². The lowest BCUT2D eigenvalue weighted by Crippen LogP contribution is -2.58. The van der Waals surface area contributed by atoms with Gasteiger partial charge in [-0.15, -0.1) is 0 Å². The maximum Gasteiger partial charge on any atom is 0.306 e. The highest BCUT2D eigenvalue weighted by Crippen LogP contribution is 2.69. The minimum Gasteiger partial charge on any atom is -0.481 e. The van der Waals surface area contributed by atoms with Crippen LogP contribution in [0.2, 0.25) is 5.02 Å². The monoisotopic (exact) mass is 800 g/mol. The van der Waals surface area contributed by atoms with Crippen molar-refractivity contribution in [1.29, 1.82) is 0 Å². The van der Waals surface area contributed by atoms with Crippen LogP contribution < -0.4 is 5.32 Å². The van der Waals surface area contributed by atoms with Crippen LogP contribution in [0.5, 0.6) is 0 Å². The van der Waals surface area contributed by atoms with Crippen molar-refractivity contribution in [2.45, 2.75) is 106 Å². The Balaban J connectivity index is 1.12. The van der Waals surface area contributed by atoms with Gasteiger partial charge >= 0.3 is 5.97 Å². The Bertz CT molecular complexity index is 1790. The zero-order valence-electron chi connectivity index (χ0n) is 36.1. The number of nitrogens with zero attached hydrogens (tertiary/aromatic N) is 2. The molecule has 0 radical (unpaired) electrons. The van der Waals surface area contributed by atoms with E-state index in [2.05, 4.69) is 95.0 Å². The number of nitrogens with one attached hydrogen (secondary N) is 1. The summed E-state index contributed by atoms with van der Waals surface area (Å²) >= 11 is 6.19. The normalized spacial score (nSPS) is 34.7. The van der Waals surface area contributed by atoms with Gasteiger partial charge in [-0.05, 0) is 158 Å². The molecule has 0 aliphatic heterocycles. The fourth-order valence-corrected chi connectivity index (χ4v) is 13.6. The summed E-state index contributed by atoms with van der Waals surface area (Å²) in [6.07, 6.45) is 13.1. The molecule has 6 aliphatic carbocycles. The number of ketones is 1. The first-order valence-corrected chi connectivity index (χ1v) is 22.7. The van der Waals surface area contributed by atoms with E-state index < -0.39 is 5.97 Å². The summed E-state index contributed by atoms with van der Waals surface area (Å²) in [5, 5.41) is 13.8. The number of carboxylic acid groups (broad SMARTS) is 1. The molecule has 4 unspecified atom stereocenters. The van der Waals surface area contributed by atoms with Gasteiger partial charge in [-0.25, -0.2) is 0 Å². The van der Waals surface area contributed by atoms with Gasteiger partial charge in [0.15, 0.2) is 5.78 Å². The number of benzene rings is 1. The van der Waals surface area contributed by atoms with Gasteiger partial charge in [0.2, 0.25) is 5.91 Å². The number of hydrogen-bond donors (Lipinski definition) is 2. The third-order valence-electron chi connectivity index (χ3n) is 16.3. The fourth-order valence-electron chi connectivity index (χ4n) is 13.5. The van der Waals surface area contributed by atoms with Gasteiger partial charge in [-0.3, -0.25) is 19.3 Å². The first-order valence-electron chi connectivity index (χ1n) is 22.3. The summed E-state index contributed by atoms with van der Waals surface area (Å²) in [4.78, 5) is 44.8. The number of amides is 1. The van der Waals surface area contributed by atoms with Crippen LogP contribution >= 0.6 is 11.6 Å². The molecule has 6 aliphatic rings. The van der Waals surface area contributed by atoms with Gasteiger partial charge in [0, 0.05) is 50.1 Å². The minimum atomic E-state index is -0.669. The highest BCUT2D eigenvalue weighted by Gasteiger charge is 2.62. The lowest BCUT2D eigenvalue weighted by atomic mass is 9.40. The molecule has 7 rings (SSSR count). The average molecular weight is 801 g/mol. The van der Waals surface area contributed by atoms with E-state index in [0.717, 1.165) is 68.9 Å². The number of hydrogen-bond acceptors (Lipinski definition) is 5. The Morgan fingerprint density at radius 3 is 2.35 bits per heavy atom. The van der Waals surface area contributed by atoms with Crippen LogP contribution in [0.1, 0.15) is 105 Å². The average Bonchev–Trinajstić information content (AvgIpc) is 3.52. The van der Waals surface area contributed by atoms with E-state index in [1.54, 1.807) is 0 Å². The second-order valence-electron chi connectivity index (χ2n) is 20.4. The molecule has 312 valence electrons. The molecule has 2 N–H and O–H groups in total. The van der Waals surface area contributed by atoms with Gasteiger partial charge in [0.25, 0.3) is 0 Å². The van der Waals surface area contributed by atoms with Gasteiger partial charge in [-0.1, -0.05) is 83.0 Å². The number of carbonyl (C=O) groups is 3. The largest absolute Gasteiger partial charge is 0.481 e. The lowest BCUT2D eigenvalue weighted by Gasteiger charge is -2.65. The predicted octanol–water partition coefficient (Wildman–Crippen LogP) is 9.47. The summed E-state index contributed by atoms with van der Waals surface area (Å²) in [5.41, 5.74) is 6.61. The molecule has 3 fully saturated rings.